The molecule has 1 aliphatic heterocycles. The first-order valence-electron chi connectivity index (χ1n) is 6.49. The summed E-state index contributed by atoms with van der Waals surface area (Å²) in [5, 5.41) is 3.30. The lowest BCUT2D eigenvalue weighted by Gasteiger charge is -2.34. The molecule has 1 saturated heterocycles. The Labute approximate surface area is 111 Å². The fourth-order valence-corrected chi connectivity index (χ4v) is 2.39. The van der Waals surface area contributed by atoms with Gasteiger partial charge in [0.1, 0.15) is 0 Å². The molecule has 2 nitrogen and oxygen atoms in total. The van der Waals surface area contributed by atoms with E-state index in [1.165, 1.54) is 12.1 Å². The van der Waals surface area contributed by atoms with Crippen LogP contribution >= 0.6 is 0 Å². The summed E-state index contributed by atoms with van der Waals surface area (Å²) in [5.74, 6) is 0. The van der Waals surface area contributed by atoms with Gasteiger partial charge in [-0.1, -0.05) is 6.07 Å². The fourth-order valence-electron chi connectivity index (χ4n) is 2.39. The zero-order valence-corrected chi connectivity index (χ0v) is 11.2. The van der Waals surface area contributed by atoms with E-state index in [0.29, 0.717) is 18.2 Å². The minimum atomic E-state index is -4.26. The number of nitrogens with zero attached hydrogens (tertiary/aromatic N) is 1. The van der Waals surface area contributed by atoms with Crippen molar-refractivity contribution in [3.8, 4) is 0 Å². The molecule has 0 bridgehead atoms. The van der Waals surface area contributed by atoms with Gasteiger partial charge in [-0.2, -0.15) is 13.2 Å². The van der Waals surface area contributed by atoms with Crippen molar-refractivity contribution in [2.45, 2.75) is 32.6 Å². The second kappa shape index (κ2) is 5.51. The number of piperazine rings is 1. The molecular weight excluding hydrogens is 253 g/mol. The number of halogens is 3. The Bertz CT molecular complexity index is 443. The third-order valence-corrected chi connectivity index (χ3v) is 3.68. The zero-order chi connectivity index (χ0) is 14.0. The summed E-state index contributed by atoms with van der Waals surface area (Å²) < 4.78 is 37.8. The van der Waals surface area contributed by atoms with E-state index in [9.17, 15) is 13.2 Å². The molecule has 0 aliphatic carbocycles. The van der Waals surface area contributed by atoms with Crippen molar-refractivity contribution < 1.29 is 13.2 Å². The van der Waals surface area contributed by atoms with Gasteiger partial charge in [0.05, 0.1) is 5.56 Å². The summed E-state index contributed by atoms with van der Waals surface area (Å²) >= 11 is 0. The number of rotatable bonds is 2. The van der Waals surface area contributed by atoms with Crippen molar-refractivity contribution in [3.05, 3.63) is 34.9 Å². The average Bonchev–Trinajstić information content (AvgIpc) is 2.33. The van der Waals surface area contributed by atoms with Crippen LogP contribution in [-0.2, 0) is 12.7 Å². The van der Waals surface area contributed by atoms with Gasteiger partial charge in [-0.3, -0.25) is 4.90 Å². The van der Waals surface area contributed by atoms with Crippen molar-refractivity contribution in [1.82, 2.24) is 10.2 Å². The number of benzene rings is 1. The average molecular weight is 272 g/mol. The second-order valence-electron chi connectivity index (χ2n) is 5.16. The van der Waals surface area contributed by atoms with Crippen LogP contribution in [0.4, 0.5) is 13.2 Å². The van der Waals surface area contributed by atoms with Crippen molar-refractivity contribution in [3.63, 3.8) is 0 Å². The molecule has 1 aromatic rings. The van der Waals surface area contributed by atoms with Crippen molar-refractivity contribution in [2.75, 3.05) is 19.6 Å². The van der Waals surface area contributed by atoms with E-state index in [-0.39, 0.29) is 0 Å². The smallest absolute Gasteiger partial charge is 0.314 e. The van der Waals surface area contributed by atoms with E-state index in [0.717, 1.165) is 25.2 Å². The standard InChI is InChI=1S/C14H19F3N2/c1-10-7-13(14(15,16)17)4-3-12(10)9-19-6-5-18-8-11(19)2/h3-4,7,11,18H,5-6,8-9H2,1-2H3/t11-/m1/s1. The predicted octanol–water partition coefficient (Wildman–Crippen LogP) is 2.81. The number of hydrogen-bond acceptors (Lipinski definition) is 2. The summed E-state index contributed by atoms with van der Waals surface area (Å²) in [6.07, 6.45) is -4.26. The van der Waals surface area contributed by atoms with Crippen LogP contribution in [0.1, 0.15) is 23.6 Å². The van der Waals surface area contributed by atoms with Gasteiger partial charge in [0.2, 0.25) is 0 Å². The molecule has 1 heterocycles. The van der Waals surface area contributed by atoms with E-state index in [1.807, 2.05) is 0 Å². The van der Waals surface area contributed by atoms with Gasteiger partial charge in [0.15, 0.2) is 0 Å². The fraction of sp³-hybridized carbons (Fsp3) is 0.571. The van der Waals surface area contributed by atoms with Gasteiger partial charge in [0, 0.05) is 32.2 Å². The maximum atomic E-state index is 12.6. The summed E-state index contributed by atoms with van der Waals surface area (Å²) in [6, 6.07) is 4.43. The van der Waals surface area contributed by atoms with Crippen LogP contribution in [-0.4, -0.2) is 30.6 Å². The summed E-state index contributed by atoms with van der Waals surface area (Å²) in [5.41, 5.74) is 1.12. The number of nitrogens with one attached hydrogen (secondary N) is 1. The van der Waals surface area contributed by atoms with Crippen LogP contribution in [0.5, 0.6) is 0 Å². The summed E-state index contributed by atoms with van der Waals surface area (Å²) in [6.45, 7) is 7.39. The molecule has 1 aliphatic rings. The van der Waals surface area contributed by atoms with Crippen LogP contribution in [0.3, 0.4) is 0 Å². The van der Waals surface area contributed by atoms with E-state index in [2.05, 4.69) is 17.1 Å². The zero-order valence-electron chi connectivity index (χ0n) is 11.2. The SMILES string of the molecule is Cc1cc(C(F)(F)F)ccc1CN1CCNC[C@H]1C. The molecule has 2 rings (SSSR count). The third kappa shape index (κ3) is 3.48. The molecule has 0 unspecified atom stereocenters. The molecule has 0 radical (unpaired) electrons. The quantitative estimate of drug-likeness (QED) is 0.890. The van der Waals surface area contributed by atoms with E-state index >= 15 is 0 Å². The summed E-state index contributed by atoms with van der Waals surface area (Å²) in [7, 11) is 0. The number of aryl methyl sites for hydroxylation is 1. The van der Waals surface area contributed by atoms with Crippen molar-refractivity contribution in [2.24, 2.45) is 0 Å². The molecule has 1 aromatic carbocycles. The first-order chi connectivity index (χ1) is 8.88. The lowest BCUT2D eigenvalue weighted by atomic mass is 10.0. The Morgan fingerprint density at radius 1 is 1.37 bits per heavy atom. The van der Waals surface area contributed by atoms with E-state index in [4.69, 9.17) is 0 Å². The van der Waals surface area contributed by atoms with Gasteiger partial charge in [0.25, 0.3) is 0 Å². The monoisotopic (exact) mass is 272 g/mol. The van der Waals surface area contributed by atoms with Gasteiger partial charge >= 0.3 is 6.18 Å². The summed E-state index contributed by atoms with van der Waals surface area (Å²) in [4.78, 5) is 2.30. The lowest BCUT2D eigenvalue weighted by Crippen LogP contribution is -2.49. The molecule has 5 heteroatoms. The molecular formula is C14H19F3N2. The lowest BCUT2D eigenvalue weighted by molar-refractivity contribution is -0.137. The van der Waals surface area contributed by atoms with Gasteiger partial charge < -0.3 is 5.32 Å². The first kappa shape index (κ1) is 14.3. The molecule has 0 saturated carbocycles. The topological polar surface area (TPSA) is 15.3 Å². The number of hydrogen-bond donors (Lipinski definition) is 1. The molecule has 0 aromatic heterocycles. The third-order valence-electron chi connectivity index (χ3n) is 3.68. The van der Waals surface area contributed by atoms with Crippen LogP contribution < -0.4 is 5.32 Å². The second-order valence-corrected chi connectivity index (χ2v) is 5.16. The van der Waals surface area contributed by atoms with Crippen LogP contribution in [0, 0.1) is 6.92 Å². The normalized spacial score (nSPS) is 21.6. The highest BCUT2D eigenvalue weighted by Crippen LogP contribution is 2.30. The Morgan fingerprint density at radius 2 is 2.11 bits per heavy atom. The Kier molecular flexibility index (Phi) is 4.16. The Hall–Kier alpha value is -1.07. The molecule has 106 valence electrons. The molecule has 0 spiro atoms. The van der Waals surface area contributed by atoms with Crippen molar-refractivity contribution in [1.29, 1.82) is 0 Å². The van der Waals surface area contributed by atoms with E-state index in [1.54, 1.807) is 13.0 Å². The first-order valence-corrected chi connectivity index (χ1v) is 6.49. The maximum Gasteiger partial charge on any atom is 0.416 e. The molecule has 1 fully saturated rings. The highest BCUT2D eigenvalue weighted by atomic mass is 19.4. The molecule has 1 N–H and O–H groups in total. The molecule has 1 atom stereocenters. The molecule has 19 heavy (non-hydrogen) atoms. The van der Waals surface area contributed by atoms with Crippen LogP contribution in [0.25, 0.3) is 0 Å². The van der Waals surface area contributed by atoms with E-state index < -0.39 is 11.7 Å². The molecule has 0 amide bonds. The minimum absolute atomic E-state index is 0.412. The largest absolute Gasteiger partial charge is 0.416 e. The van der Waals surface area contributed by atoms with Gasteiger partial charge in [-0.05, 0) is 37.1 Å². The van der Waals surface area contributed by atoms with Crippen LogP contribution in [0.2, 0.25) is 0 Å². The van der Waals surface area contributed by atoms with Gasteiger partial charge in [-0.25, -0.2) is 0 Å². The minimum Gasteiger partial charge on any atom is -0.314 e. The van der Waals surface area contributed by atoms with Crippen LogP contribution in [0.15, 0.2) is 18.2 Å². The Morgan fingerprint density at radius 3 is 2.68 bits per heavy atom. The Balaban J connectivity index is 2.13. The number of alkyl halides is 3. The highest BCUT2D eigenvalue weighted by Gasteiger charge is 2.30. The van der Waals surface area contributed by atoms with Gasteiger partial charge in [-0.15, -0.1) is 0 Å². The van der Waals surface area contributed by atoms with Crippen molar-refractivity contribution >= 4 is 0 Å². The predicted molar refractivity (Wildman–Crippen MR) is 68.9 cm³/mol. The maximum absolute atomic E-state index is 12.6. The highest BCUT2D eigenvalue weighted by molar-refractivity contribution is 5.32.